The van der Waals surface area contributed by atoms with Gasteiger partial charge in [-0.1, -0.05) is 29.3 Å². The molecule has 1 aliphatic rings. The third-order valence-electron chi connectivity index (χ3n) is 4.54. The van der Waals surface area contributed by atoms with Crippen LogP contribution in [0.3, 0.4) is 0 Å². The van der Waals surface area contributed by atoms with Crippen molar-refractivity contribution in [3.63, 3.8) is 0 Å². The molecule has 6 N–H and O–H groups in total. The summed E-state index contributed by atoms with van der Waals surface area (Å²) < 4.78 is 4.50. The van der Waals surface area contributed by atoms with E-state index in [2.05, 4.69) is 14.7 Å². The number of ketones is 2. The molecule has 9 heteroatoms. The lowest BCUT2D eigenvalue weighted by molar-refractivity contribution is -0.432. The van der Waals surface area contributed by atoms with Crippen LogP contribution >= 0.6 is 12.0 Å². The van der Waals surface area contributed by atoms with Crippen LogP contribution in [0.2, 0.25) is 0 Å². The lowest BCUT2D eigenvalue weighted by Crippen LogP contribution is -2.24. The van der Waals surface area contributed by atoms with E-state index in [1.54, 1.807) is 54.6 Å². The maximum Gasteiger partial charge on any atom is 0.196 e. The molecule has 0 amide bonds. The predicted molar refractivity (Wildman–Crippen MR) is 109 cm³/mol. The Morgan fingerprint density at radius 2 is 1.52 bits per heavy atom. The SMILES string of the molecule is Nc1ccc(Nc2cc(SOOO)c(N)c3c2C(=O)c2ccccc2C3=O)cc1. The summed E-state index contributed by atoms with van der Waals surface area (Å²) in [6.07, 6.45) is 0. The Balaban J connectivity index is 1.91. The van der Waals surface area contributed by atoms with E-state index in [0.717, 1.165) is 0 Å². The summed E-state index contributed by atoms with van der Waals surface area (Å²) in [5, 5.41) is 15.2. The van der Waals surface area contributed by atoms with Crippen molar-refractivity contribution >= 4 is 46.4 Å². The highest BCUT2D eigenvalue weighted by atomic mass is 32.2. The zero-order valence-electron chi connectivity index (χ0n) is 14.8. The number of nitrogens with two attached hydrogens (primary N) is 2. The van der Waals surface area contributed by atoms with E-state index in [0.29, 0.717) is 34.7 Å². The minimum Gasteiger partial charge on any atom is -0.399 e. The van der Waals surface area contributed by atoms with E-state index in [1.165, 1.54) is 0 Å². The highest BCUT2D eigenvalue weighted by molar-refractivity contribution is 7.94. The lowest BCUT2D eigenvalue weighted by atomic mass is 9.82. The van der Waals surface area contributed by atoms with Crippen molar-refractivity contribution in [1.29, 1.82) is 0 Å². The van der Waals surface area contributed by atoms with Crippen molar-refractivity contribution in [3.05, 3.63) is 76.9 Å². The summed E-state index contributed by atoms with van der Waals surface area (Å²) in [4.78, 5) is 26.7. The van der Waals surface area contributed by atoms with Gasteiger partial charge in [-0.15, -0.1) is 4.33 Å². The minimum absolute atomic E-state index is 0.0535. The predicted octanol–water partition coefficient (Wildman–Crippen LogP) is 3.80. The first-order valence-corrected chi connectivity index (χ1v) is 9.17. The number of anilines is 4. The molecule has 0 atom stereocenters. The number of nitrogen functional groups attached to an aromatic ring is 2. The zero-order chi connectivity index (χ0) is 20.5. The van der Waals surface area contributed by atoms with E-state index in [-0.39, 0.29) is 38.8 Å². The summed E-state index contributed by atoms with van der Waals surface area (Å²) in [5.74, 6) is -0.698. The Bertz CT molecular complexity index is 1130. The third-order valence-corrected chi connectivity index (χ3v) is 5.19. The molecule has 0 radical (unpaired) electrons. The second kappa shape index (κ2) is 7.57. The van der Waals surface area contributed by atoms with Crippen LogP contribution in [0.5, 0.6) is 0 Å². The van der Waals surface area contributed by atoms with Crippen molar-refractivity contribution < 1.29 is 24.2 Å². The fraction of sp³-hybridized carbons (Fsp3) is 0. The van der Waals surface area contributed by atoms with Crippen LogP contribution in [-0.2, 0) is 9.37 Å². The molecule has 0 bridgehead atoms. The van der Waals surface area contributed by atoms with Gasteiger partial charge in [0.2, 0.25) is 0 Å². The maximum absolute atomic E-state index is 13.2. The Kier molecular flexibility index (Phi) is 4.95. The molecule has 0 aliphatic heterocycles. The Morgan fingerprint density at radius 1 is 0.897 bits per heavy atom. The molecular weight excluding hydrogens is 394 g/mol. The molecule has 0 unspecified atom stereocenters. The van der Waals surface area contributed by atoms with Gasteiger partial charge in [0.15, 0.2) is 11.6 Å². The Hall–Kier alpha value is -3.37. The van der Waals surface area contributed by atoms with Gasteiger partial charge < -0.3 is 16.8 Å². The first kappa shape index (κ1) is 19.0. The molecule has 3 aromatic rings. The third kappa shape index (κ3) is 3.32. The van der Waals surface area contributed by atoms with Gasteiger partial charge in [-0.25, -0.2) is 5.26 Å². The zero-order valence-corrected chi connectivity index (χ0v) is 15.7. The van der Waals surface area contributed by atoms with Gasteiger partial charge in [-0.3, -0.25) is 9.59 Å². The van der Waals surface area contributed by atoms with Crippen molar-refractivity contribution in [2.24, 2.45) is 0 Å². The monoisotopic (exact) mass is 409 g/mol. The number of hydrogen-bond donors (Lipinski definition) is 4. The second-order valence-corrected chi connectivity index (χ2v) is 7.01. The maximum atomic E-state index is 13.2. The van der Waals surface area contributed by atoms with E-state index >= 15 is 0 Å². The number of carbonyl (C=O) groups excluding carboxylic acids is 2. The number of rotatable bonds is 5. The normalized spacial score (nSPS) is 12.4. The molecule has 1 aliphatic carbocycles. The molecule has 4 rings (SSSR count). The van der Waals surface area contributed by atoms with E-state index in [9.17, 15) is 9.59 Å². The van der Waals surface area contributed by atoms with Crippen molar-refractivity contribution in [3.8, 4) is 0 Å². The van der Waals surface area contributed by atoms with Gasteiger partial charge in [0.1, 0.15) is 0 Å². The number of hydrogen-bond acceptors (Lipinski definition) is 9. The fourth-order valence-corrected chi connectivity index (χ4v) is 3.70. The molecule has 0 aromatic heterocycles. The fourth-order valence-electron chi connectivity index (χ4n) is 3.24. The van der Waals surface area contributed by atoms with Gasteiger partial charge in [-0.2, -0.15) is 0 Å². The second-order valence-electron chi connectivity index (χ2n) is 6.26. The van der Waals surface area contributed by atoms with E-state index in [4.69, 9.17) is 16.7 Å². The van der Waals surface area contributed by atoms with Crippen LogP contribution in [0.4, 0.5) is 22.7 Å². The summed E-state index contributed by atoms with van der Waals surface area (Å²) in [7, 11) is 0. The number of benzene rings is 3. The minimum atomic E-state index is -0.375. The highest BCUT2D eigenvalue weighted by Crippen LogP contribution is 2.41. The largest absolute Gasteiger partial charge is 0.399 e. The summed E-state index contributed by atoms with van der Waals surface area (Å²) in [6.45, 7) is 0. The van der Waals surface area contributed by atoms with Crippen molar-refractivity contribution in [2.75, 3.05) is 16.8 Å². The smallest absolute Gasteiger partial charge is 0.196 e. The van der Waals surface area contributed by atoms with Crippen LogP contribution in [0.25, 0.3) is 0 Å². The summed E-state index contributed by atoms with van der Waals surface area (Å²) in [5.41, 5.74) is 14.4. The lowest BCUT2D eigenvalue weighted by Gasteiger charge is -2.23. The van der Waals surface area contributed by atoms with Gasteiger partial charge in [0.05, 0.1) is 39.4 Å². The van der Waals surface area contributed by atoms with Crippen LogP contribution in [0.15, 0.2) is 59.5 Å². The highest BCUT2D eigenvalue weighted by Gasteiger charge is 2.35. The molecule has 8 nitrogen and oxygen atoms in total. The van der Waals surface area contributed by atoms with Gasteiger partial charge in [0.25, 0.3) is 0 Å². The molecule has 3 aromatic carbocycles. The van der Waals surface area contributed by atoms with E-state index in [1.807, 2.05) is 0 Å². The molecule has 0 spiro atoms. The van der Waals surface area contributed by atoms with Gasteiger partial charge in [-0.05, 0) is 30.3 Å². The van der Waals surface area contributed by atoms with Crippen molar-refractivity contribution in [2.45, 2.75) is 4.90 Å². The molecule has 0 fully saturated rings. The molecule has 146 valence electrons. The average molecular weight is 409 g/mol. The first-order valence-electron chi connectivity index (χ1n) is 8.43. The molecule has 29 heavy (non-hydrogen) atoms. The number of fused-ring (bicyclic) bond motifs is 2. The van der Waals surface area contributed by atoms with Crippen molar-refractivity contribution in [1.82, 2.24) is 0 Å². The molecule has 0 heterocycles. The molecular formula is C20H15N3O5S. The number of nitrogens with one attached hydrogen (secondary N) is 1. The topological polar surface area (TPSA) is 137 Å². The van der Waals surface area contributed by atoms with Crippen LogP contribution in [0, 0.1) is 0 Å². The Morgan fingerprint density at radius 3 is 2.14 bits per heavy atom. The average Bonchev–Trinajstić information content (AvgIpc) is 2.73. The van der Waals surface area contributed by atoms with E-state index < -0.39 is 0 Å². The van der Waals surface area contributed by atoms with Gasteiger partial charge in [0, 0.05) is 22.5 Å². The van der Waals surface area contributed by atoms with Crippen LogP contribution < -0.4 is 16.8 Å². The Labute approximate surface area is 169 Å². The quantitative estimate of drug-likeness (QED) is 0.168. The first-order chi connectivity index (χ1) is 14.0. The standard InChI is InChI=1S/C20H15N3O5S/c21-10-5-7-11(8-6-10)23-14-9-15(29-28-27-26)18(22)17-16(14)19(24)12-3-1-2-4-13(12)20(17)25/h1-9,23,26H,21-22H2. The number of carbonyl (C=O) groups is 2. The molecule has 0 saturated carbocycles. The van der Waals surface area contributed by atoms with Crippen LogP contribution in [0.1, 0.15) is 31.8 Å². The summed E-state index contributed by atoms with van der Waals surface area (Å²) in [6, 6.07) is 15.0. The van der Waals surface area contributed by atoms with Gasteiger partial charge >= 0.3 is 0 Å². The molecule has 0 saturated heterocycles. The summed E-state index contributed by atoms with van der Waals surface area (Å²) >= 11 is 0.611. The van der Waals surface area contributed by atoms with Crippen LogP contribution in [-0.4, -0.2) is 16.8 Å².